The summed E-state index contributed by atoms with van der Waals surface area (Å²) in [6.07, 6.45) is 2.02. The summed E-state index contributed by atoms with van der Waals surface area (Å²) in [5.41, 5.74) is 1.20. The van der Waals surface area contributed by atoms with Crippen molar-refractivity contribution < 1.29 is 13.5 Å². The van der Waals surface area contributed by atoms with E-state index in [1.807, 2.05) is 0 Å². The van der Waals surface area contributed by atoms with Gasteiger partial charge in [0.1, 0.15) is 12.2 Å². The molecule has 0 saturated carbocycles. The van der Waals surface area contributed by atoms with Gasteiger partial charge in [-0.15, -0.1) is 10.2 Å². The fourth-order valence-corrected chi connectivity index (χ4v) is 3.27. The van der Waals surface area contributed by atoms with Crippen molar-refractivity contribution in [1.29, 1.82) is 0 Å². The summed E-state index contributed by atoms with van der Waals surface area (Å²) in [4.78, 5) is 0.187. The highest BCUT2D eigenvalue weighted by Gasteiger charge is 2.17. The molecule has 0 aliphatic heterocycles. The molecule has 114 valence electrons. The lowest BCUT2D eigenvalue weighted by atomic mass is 10.2. The second kappa shape index (κ2) is 6.33. The van der Waals surface area contributed by atoms with Gasteiger partial charge in [-0.25, -0.2) is 13.1 Å². The molecule has 1 heterocycles. The van der Waals surface area contributed by atoms with Crippen molar-refractivity contribution >= 4 is 10.0 Å². The number of sulfonamides is 1. The number of nitrogens with one attached hydrogen (secondary N) is 1. The molecule has 2 aromatic rings. The van der Waals surface area contributed by atoms with Gasteiger partial charge in [-0.3, -0.25) is 0 Å². The molecule has 0 aliphatic carbocycles. The zero-order valence-electron chi connectivity index (χ0n) is 11.9. The third-order valence-corrected chi connectivity index (χ3v) is 4.77. The van der Waals surface area contributed by atoms with Crippen LogP contribution in [0.5, 0.6) is 0 Å². The van der Waals surface area contributed by atoms with Gasteiger partial charge in [-0.1, -0.05) is 12.1 Å². The molecule has 8 heteroatoms. The lowest BCUT2D eigenvalue weighted by Crippen LogP contribution is -2.27. The van der Waals surface area contributed by atoms with Crippen LogP contribution in [0.4, 0.5) is 0 Å². The van der Waals surface area contributed by atoms with Crippen molar-refractivity contribution in [3.63, 3.8) is 0 Å². The van der Waals surface area contributed by atoms with Crippen molar-refractivity contribution in [2.24, 2.45) is 7.05 Å². The molecule has 0 spiro atoms. The molecule has 0 saturated heterocycles. The van der Waals surface area contributed by atoms with E-state index in [4.69, 9.17) is 5.11 Å². The average molecular weight is 310 g/mol. The summed E-state index contributed by atoms with van der Waals surface area (Å²) in [5, 5.41) is 16.8. The normalized spacial score (nSPS) is 11.8. The first kappa shape index (κ1) is 15.6. The molecule has 2 rings (SSSR count). The molecular weight excluding hydrogens is 292 g/mol. The summed E-state index contributed by atoms with van der Waals surface area (Å²) in [6.45, 7) is 1.76. The minimum absolute atomic E-state index is 0.187. The van der Waals surface area contributed by atoms with Crippen LogP contribution in [0.15, 0.2) is 29.4 Å². The van der Waals surface area contributed by atoms with Gasteiger partial charge in [0, 0.05) is 20.0 Å². The minimum Gasteiger partial charge on any atom is -0.392 e. The van der Waals surface area contributed by atoms with E-state index in [9.17, 15) is 8.42 Å². The molecule has 0 bridgehead atoms. The zero-order chi connectivity index (χ0) is 15.5. The van der Waals surface area contributed by atoms with Crippen LogP contribution in [0.25, 0.3) is 0 Å². The molecule has 1 aromatic heterocycles. The van der Waals surface area contributed by atoms with Crippen LogP contribution < -0.4 is 4.72 Å². The van der Waals surface area contributed by atoms with Gasteiger partial charge < -0.3 is 9.67 Å². The molecule has 2 N–H and O–H groups in total. The van der Waals surface area contributed by atoms with E-state index in [1.54, 1.807) is 37.0 Å². The lowest BCUT2D eigenvalue weighted by molar-refractivity contribution is 0.281. The smallest absolute Gasteiger partial charge is 0.240 e. The zero-order valence-corrected chi connectivity index (χ0v) is 12.8. The average Bonchev–Trinajstić information content (AvgIpc) is 2.84. The first-order valence-corrected chi connectivity index (χ1v) is 7.95. The van der Waals surface area contributed by atoms with Crippen molar-refractivity contribution in [1.82, 2.24) is 19.5 Å². The molecule has 0 aliphatic rings. The number of aromatic nitrogens is 3. The molecule has 0 fully saturated rings. The highest BCUT2D eigenvalue weighted by atomic mass is 32.2. The van der Waals surface area contributed by atoms with Gasteiger partial charge in [-0.05, 0) is 24.1 Å². The van der Waals surface area contributed by atoms with Crippen LogP contribution in [-0.2, 0) is 30.1 Å². The summed E-state index contributed by atoms with van der Waals surface area (Å²) in [7, 11) is -1.80. The Morgan fingerprint density at radius 3 is 2.76 bits per heavy atom. The first-order chi connectivity index (χ1) is 9.94. The number of aliphatic hydroxyl groups excluding tert-OH is 1. The lowest BCUT2D eigenvalue weighted by Gasteiger charge is -2.10. The van der Waals surface area contributed by atoms with Gasteiger partial charge in [0.05, 0.1) is 11.5 Å². The van der Waals surface area contributed by atoms with Crippen LogP contribution >= 0.6 is 0 Å². The molecule has 1 aromatic carbocycles. The predicted octanol–water partition coefficient (Wildman–Crippen LogP) is 0.137. The molecule has 0 amide bonds. The Kier molecular flexibility index (Phi) is 4.71. The van der Waals surface area contributed by atoms with Crippen LogP contribution in [-0.4, -0.2) is 34.8 Å². The Morgan fingerprint density at radius 2 is 2.14 bits per heavy atom. The molecule has 0 unspecified atom stereocenters. The number of rotatable bonds is 6. The minimum atomic E-state index is -3.61. The maximum Gasteiger partial charge on any atom is 0.240 e. The number of aryl methyl sites for hydroxylation is 2. The topological polar surface area (TPSA) is 97.1 Å². The number of hydrogen-bond acceptors (Lipinski definition) is 5. The van der Waals surface area contributed by atoms with Crippen molar-refractivity contribution in [2.45, 2.75) is 24.8 Å². The number of aliphatic hydroxyl groups is 1. The summed E-state index contributed by atoms with van der Waals surface area (Å²) in [6, 6.07) is 4.87. The van der Waals surface area contributed by atoms with Crippen LogP contribution in [0.3, 0.4) is 0 Å². The van der Waals surface area contributed by atoms with E-state index in [2.05, 4.69) is 14.9 Å². The van der Waals surface area contributed by atoms with E-state index >= 15 is 0 Å². The fourth-order valence-electron chi connectivity index (χ4n) is 1.94. The molecule has 21 heavy (non-hydrogen) atoms. The van der Waals surface area contributed by atoms with Gasteiger partial charge in [0.15, 0.2) is 0 Å². The standard InChI is InChI=1S/C13H18N4O3S/c1-10-3-4-11(8-18)7-12(10)21(19,20)15-6-5-13-16-14-9-17(13)2/h3-4,7,9,15,18H,5-6,8H2,1-2H3. The summed E-state index contributed by atoms with van der Waals surface area (Å²) < 4.78 is 28.9. The van der Waals surface area contributed by atoms with Crippen molar-refractivity contribution in [2.75, 3.05) is 6.54 Å². The van der Waals surface area contributed by atoms with E-state index in [-0.39, 0.29) is 18.0 Å². The van der Waals surface area contributed by atoms with E-state index in [0.717, 1.165) is 0 Å². The Labute approximate surface area is 123 Å². The second-order valence-corrected chi connectivity index (χ2v) is 6.50. The molecule has 7 nitrogen and oxygen atoms in total. The summed E-state index contributed by atoms with van der Waals surface area (Å²) in [5.74, 6) is 0.707. The van der Waals surface area contributed by atoms with Gasteiger partial charge in [-0.2, -0.15) is 0 Å². The fraction of sp³-hybridized carbons (Fsp3) is 0.385. The Hall–Kier alpha value is -1.77. The van der Waals surface area contributed by atoms with Crippen molar-refractivity contribution in [3.05, 3.63) is 41.5 Å². The second-order valence-electron chi connectivity index (χ2n) is 4.76. The van der Waals surface area contributed by atoms with Gasteiger partial charge >= 0.3 is 0 Å². The van der Waals surface area contributed by atoms with Crippen LogP contribution in [0.2, 0.25) is 0 Å². The monoisotopic (exact) mass is 310 g/mol. The third kappa shape index (κ3) is 3.66. The van der Waals surface area contributed by atoms with E-state index in [1.165, 1.54) is 6.07 Å². The molecule has 0 atom stereocenters. The van der Waals surface area contributed by atoms with Crippen LogP contribution in [0, 0.1) is 6.92 Å². The number of nitrogens with zero attached hydrogens (tertiary/aromatic N) is 3. The molecule has 0 radical (unpaired) electrons. The summed E-state index contributed by atoms with van der Waals surface area (Å²) >= 11 is 0. The maximum atomic E-state index is 12.3. The van der Waals surface area contributed by atoms with Gasteiger partial charge in [0.2, 0.25) is 10.0 Å². The van der Waals surface area contributed by atoms with Crippen molar-refractivity contribution in [3.8, 4) is 0 Å². The largest absolute Gasteiger partial charge is 0.392 e. The van der Waals surface area contributed by atoms with Gasteiger partial charge in [0.25, 0.3) is 0 Å². The SMILES string of the molecule is Cc1ccc(CO)cc1S(=O)(=O)NCCc1nncn1C. The maximum absolute atomic E-state index is 12.3. The molecular formula is C13H18N4O3S. The Balaban J connectivity index is 2.10. The third-order valence-electron chi connectivity index (χ3n) is 3.17. The number of hydrogen-bond donors (Lipinski definition) is 2. The highest BCUT2D eigenvalue weighted by Crippen LogP contribution is 2.17. The first-order valence-electron chi connectivity index (χ1n) is 6.47. The number of benzene rings is 1. The van der Waals surface area contributed by atoms with Crippen LogP contribution in [0.1, 0.15) is 17.0 Å². The van der Waals surface area contributed by atoms with E-state index < -0.39 is 10.0 Å². The van der Waals surface area contributed by atoms with E-state index in [0.29, 0.717) is 23.4 Å². The predicted molar refractivity (Wildman–Crippen MR) is 77.0 cm³/mol. The Bertz CT molecular complexity index is 725. The highest BCUT2D eigenvalue weighted by molar-refractivity contribution is 7.89. The quantitative estimate of drug-likeness (QED) is 0.791. The Morgan fingerprint density at radius 1 is 1.38 bits per heavy atom.